The Hall–Kier alpha value is -3.87. The van der Waals surface area contributed by atoms with Gasteiger partial charge in [-0.3, -0.25) is 9.59 Å². The van der Waals surface area contributed by atoms with Crippen LogP contribution in [0.2, 0.25) is 0 Å². The van der Waals surface area contributed by atoms with Gasteiger partial charge in [-0.15, -0.1) is 0 Å². The highest BCUT2D eigenvalue weighted by molar-refractivity contribution is 6.09. The first-order chi connectivity index (χ1) is 19.9. The first-order valence-corrected chi connectivity index (χ1v) is 13.8. The molecule has 2 aromatic rings. The van der Waals surface area contributed by atoms with Crippen LogP contribution < -0.4 is 20.5 Å². The van der Waals surface area contributed by atoms with E-state index in [1.807, 2.05) is 19.1 Å². The highest BCUT2D eigenvalue weighted by atomic mass is 19.4. The number of carbonyl (C=O) groups is 2. The van der Waals surface area contributed by atoms with Crippen LogP contribution in [-0.4, -0.2) is 72.1 Å². The van der Waals surface area contributed by atoms with Gasteiger partial charge in [-0.1, -0.05) is 19.1 Å². The van der Waals surface area contributed by atoms with Crippen LogP contribution in [0.25, 0.3) is 0 Å². The molecule has 2 fully saturated rings. The lowest BCUT2D eigenvalue weighted by atomic mass is 9.65. The van der Waals surface area contributed by atoms with Crippen LogP contribution in [0.5, 0.6) is 5.88 Å². The number of hydrogen-bond donors (Lipinski definition) is 2. The normalized spacial score (nSPS) is 22.1. The molecule has 6 rings (SSSR count). The summed E-state index contributed by atoms with van der Waals surface area (Å²) in [6, 6.07) is 6.58. The van der Waals surface area contributed by atoms with E-state index in [1.165, 1.54) is 24.0 Å². The smallest absolute Gasteiger partial charge is 0.410 e. The number of benzene rings is 1. The van der Waals surface area contributed by atoms with E-state index in [2.05, 4.69) is 22.4 Å². The number of amides is 2. The Morgan fingerprint density at radius 3 is 2.60 bits per heavy atom. The summed E-state index contributed by atoms with van der Waals surface area (Å²) in [5, 5.41) is 0. The predicted molar refractivity (Wildman–Crippen MR) is 150 cm³/mol. The molecule has 2 atom stereocenters. The summed E-state index contributed by atoms with van der Waals surface area (Å²) < 4.78 is 60.7. The zero-order chi connectivity index (χ0) is 30.4. The van der Waals surface area contributed by atoms with Crippen molar-refractivity contribution in [1.29, 1.82) is 0 Å². The number of carbonyl (C=O) groups excluding carboxylic acids is 2. The molecule has 4 heterocycles. The molecule has 42 heavy (non-hydrogen) atoms. The molecule has 2 N–H and O–H groups in total. The van der Waals surface area contributed by atoms with Crippen molar-refractivity contribution in [2.24, 2.45) is 0 Å². The lowest BCUT2D eigenvalue weighted by molar-refractivity contribution is -0.192. The Morgan fingerprint density at radius 2 is 1.98 bits per heavy atom. The number of anilines is 2. The fraction of sp³-hybridized carbons (Fsp3) is 0.483. The summed E-state index contributed by atoms with van der Waals surface area (Å²) in [6.07, 6.45) is -2.70. The monoisotopic (exact) mass is 592 g/mol. The van der Waals surface area contributed by atoms with Gasteiger partial charge in [0.2, 0.25) is 17.7 Å². The van der Waals surface area contributed by atoms with Gasteiger partial charge in [0.25, 0.3) is 0 Å². The van der Waals surface area contributed by atoms with Crippen molar-refractivity contribution in [3.8, 4) is 5.88 Å². The Morgan fingerprint density at radius 1 is 1.24 bits per heavy atom. The van der Waals surface area contributed by atoms with Crippen molar-refractivity contribution in [3.63, 3.8) is 0 Å². The molecule has 1 aromatic heterocycles. The standard InChI is InChI=1S/C21H23F4N3O2.C8H11N3O.H2/c1-13(27-10-9-26(14(2)29)12-17(27)21(23,24)25)11-28-16-6-3-5-15(22)18(16)20(19(28)30)7-4-8-20;1-5-8-6(11-10-5)3-4-7(9-8)12-2;/h3,5-6,17H,1,4,7-12H2,2H3;3-5,10-11H,1-2H3;1H/t17-;;/m0../s1. The number of rotatable bonds is 4. The summed E-state index contributed by atoms with van der Waals surface area (Å²) in [5.74, 6) is -0.496. The van der Waals surface area contributed by atoms with Crippen LogP contribution in [0.15, 0.2) is 42.6 Å². The average molecular weight is 593 g/mol. The lowest BCUT2D eigenvalue weighted by Gasteiger charge is -2.44. The van der Waals surface area contributed by atoms with Crippen molar-refractivity contribution >= 4 is 23.2 Å². The summed E-state index contributed by atoms with van der Waals surface area (Å²) in [7, 11) is 1.62. The highest BCUT2D eigenvalue weighted by Crippen LogP contribution is 2.54. The van der Waals surface area contributed by atoms with Gasteiger partial charge in [0, 0.05) is 45.3 Å². The number of nitrogens with one attached hydrogen (secondary N) is 2. The average Bonchev–Trinajstić information content (AvgIpc) is 3.43. The van der Waals surface area contributed by atoms with Gasteiger partial charge >= 0.3 is 6.18 Å². The highest BCUT2D eigenvalue weighted by Gasteiger charge is 2.56. The molecule has 3 aliphatic heterocycles. The van der Waals surface area contributed by atoms with Crippen LogP contribution in [0.1, 0.15) is 51.8 Å². The molecule has 1 spiro atoms. The fourth-order valence-electron chi connectivity index (χ4n) is 6.10. The van der Waals surface area contributed by atoms with Crippen molar-refractivity contribution in [2.45, 2.75) is 56.8 Å². The minimum absolute atomic E-state index is 0. The van der Waals surface area contributed by atoms with E-state index < -0.39 is 35.9 Å². The maximum Gasteiger partial charge on any atom is 0.410 e. The summed E-state index contributed by atoms with van der Waals surface area (Å²) in [6.45, 7) is 6.59. The zero-order valence-corrected chi connectivity index (χ0v) is 23.7. The van der Waals surface area contributed by atoms with Gasteiger partial charge in [0.15, 0.2) is 0 Å². The molecule has 9 nitrogen and oxygen atoms in total. The number of methoxy groups -OCH3 is 1. The molecule has 0 radical (unpaired) electrons. The van der Waals surface area contributed by atoms with Crippen molar-refractivity contribution in [2.75, 3.05) is 43.6 Å². The topological polar surface area (TPSA) is 90.0 Å². The molecule has 1 unspecified atom stereocenters. The zero-order valence-electron chi connectivity index (χ0n) is 23.7. The Balaban J connectivity index is 0.000000272. The largest absolute Gasteiger partial charge is 0.481 e. The molecule has 0 bridgehead atoms. The molecule has 1 aromatic carbocycles. The van der Waals surface area contributed by atoms with Gasteiger partial charge in [-0.05, 0) is 38.0 Å². The van der Waals surface area contributed by atoms with E-state index >= 15 is 0 Å². The van der Waals surface area contributed by atoms with Crippen LogP contribution in [0, 0.1) is 5.82 Å². The number of ether oxygens (including phenoxy) is 1. The quantitative estimate of drug-likeness (QED) is 0.505. The van der Waals surface area contributed by atoms with Gasteiger partial charge in [0.1, 0.15) is 11.9 Å². The maximum absolute atomic E-state index is 14.6. The van der Waals surface area contributed by atoms with Crippen molar-refractivity contribution in [1.82, 2.24) is 20.2 Å². The maximum atomic E-state index is 14.6. The molecular weight excluding hydrogens is 556 g/mol. The predicted octanol–water partition coefficient (Wildman–Crippen LogP) is 4.53. The molecule has 1 saturated heterocycles. The van der Waals surface area contributed by atoms with E-state index in [4.69, 9.17) is 4.74 Å². The SMILES string of the molecule is C=C(CN1C(=O)C2(CCC2)c2c(F)cccc21)N1CCN(C(C)=O)C[C@H]1C(F)(F)F.COc1ccc2c(n1)C(C)NN2.[HH]. The number of hydrazine groups is 1. The number of aromatic nitrogens is 1. The molecule has 1 aliphatic carbocycles. The second kappa shape index (κ2) is 11.1. The first-order valence-electron chi connectivity index (χ1n) is 13.8. The summed E-state index contributed by atoms with van der Waals surface area (Å²) in [5.41, 5.74) is 8.12. The molecule has 1 saturated carbocycles. The molecule has 228 valence electrons. The number of halogens is 4. The first kappa shape index (κ1) is 29.6. The summed E-state index contributed by atoms with van der Waals surface area (Å²) in [4.78, 5) is 32.7. The fourth-order valence-corrected chi connectivity index (χ4v) is 6.10. The van der Waals surface area contributed by atoms with Crippen LogP contribution in [0.3, 0.4) is 0 Å². The van der Waals surface area contributed by atoms with Crippen molar-refractivity contribution in [3.05, 3.63) is 59.7 Å². The number of hydrogen-bond acceptors (Lipinski definition) is 7. The number of alkyl halides is 3. The van der Waals surface area contributed by atoms with Crippen LogP contribution in [-0.2, 0) is 15.0 Å². The number of nitrogens with zero attached hydrogens (tertiary/aromatic N) is 4. The van der Waals surface area contributed by atoms with Crippen LogP contribution >= 0.6 is 0 Å². The van der Waals surface area contributed by atoms with E-state index in [0.717, 1.165) is 27.6 Å². The number of pyridine rings is 1. The van der Waals surface area contributed by atoms with Gasteiger partial charge in [0.05, 0.1) is 42.2 Å². The second-order valence-electron chi connectivity index (χ2n) is 11.0. The Labute approximate surface area is 243 Å². The lowest BCUT2D eigenvalue weighted by Crippen LogP contribution is -2.60. The van der Waals surface area contributed by atoms with Gasteiger partial charge in [-0.2, -0.15) is 13.2 Å². The summed E-state index contributed by atoms with van der Waals surface area (Å²) >= 11 is 0. The van der Waals surface area contributed by atoms with Gasteiger partial charge in [-0.25, -0.2) is 14.8 Å². The minimum Gasteiger partial charge on any atom is -0.481 e. The van der Waals surface area contributed by atoms with Crippen LogP contribution in [0.4, 0.5) is 28.9 Å². The molecule has 13 heteroatoms. The number of piperazine rings is 1. The minimum atomic E-state index is -4.56. The number of fused-ring (bicyclic) bond motifs is 3. The molecule has 2 amide bonds. The molecular formula is C29H36F4N6O3. The van der Waals surface area contributed by atoms with E-state index in [1.54, 1.807) is 13.2 Å². The Kier molecular flexibility index (Phi) is 7.82. The van der Waals surface area contributed by atoms with Gasteiger partial charge < -0.3 is 24.9 Å². The Bertz CT molecular complexity index is 1400. The third-order valence-corrected chi connectivity index (χ3v) is 8.51. The third kappa shape index (κ3) is 5.14. The second-order valence-corrected chi connectivity index (χ2v) is 11.0. The van der Waals surface area contributed by atoms with E-state index in [9.17, 15) is 27.2 Å². The van der Waals surface area contributed by atoms with E-state index in [-0.39, 0.29) is 38.7 Å². The molecule has 4 aliphatic rings. The van der Waals surface area contributed by atoms with E-state index in [0.29, 0.717) is 30.0 Å². The third-order valence-electron chi connectivity index (χ3n) is 8.51. The van der Waals surface area contributed by atoms with Crippen molar-refractivity contribution < 1.29 is 33.3 Å².